The van der Waals surface area contributed by atoms with E-state index in [1.165, 1.54) is 6.20 Å². The van der Waals surface area contributed by atoms with E-state index in [1.807, 2.05) is 31.2 Å². The molecule has 0 aliphatic carbocycles. The van der Waals surface area contributed by atoms with Gasteiger partial charge in [-0.05, 0) is 25.1 Å². The summed E-state index contributed by atoms with van der Waals surface area (Å²) < 4.78 is 5.57. The summed E-state index contributed by atoms with van der Waals surface area (Å²) in [5.74, 6) is 0.693. The summed E-state index contributed by atoms with van der Waals surface area (Å²) in [7, 11) is 1.75. The van der Waals surface area contributed by atoms with Gasteiger partial charge in [-0.2, -0.15) is 0 Å². The highest BCUT2D eigenvalue weighted by Gasteiger charge is 2.14. The fourth-order valence-electron chi connectivity index (χ4n) is 2.01. The number of para-hydroxylation sites is 1. The van der Waals surface area contributed by atoms with Crippen molar-refractivity contribution in [1.29, 1.82) is 0 Å². The summed E-state index contributed by atoms with van der Waals surface area (Å²) >= 11 is 5.82. The first-order valence-electron chi connectivity index (χ1n) is 6.69. The van der Waals surface area contributed by atoms with Crippen molar-refractivity contribution in [2.75, 3.05) is 13.7 Å². The van der Waals surface area contributed by atoms with Gasteiger partial charge >= 0.3 is 0 Å². The van der Waals surface area contributed by atoms with E-state index in [4.69, 9.17) is 16.3 Å². The first kappa shape index (κ1) is 15.3. The van der Waals surface area contributed by atoms with Crippen LogP contribution in [0.5, 0.6) is 5.75 Å². The Morgan fingerprint density at radius 1 is 1.33 bits per heavy atom. The Bertz CT molecular complexity index is 631. The molecule has 0 unspecified atom stereocenters. The van der Waals surface area contributed by atoms with E-state index in [1.54, 1.807) is 24.1 Å². The van der Waals surface area contributed by atoms with Crippen LogP contribution in [0, 0.1) is 0 Å². The van der Waals surface area contributed by atoms with Gasteiger partial charge < -0.3 is 9.64 Å². The van der Waals surface area contributed by atoms with Crippen LogP contribution in [0.2, 0.25) is 5.15 Å². The maximum atomic E-state index is 12.4. The molecular weight excluding hydrogens is 288 g/mol. The Hall–Kier alpha value is -2.07. The van der Waals surface area contributed by atoms with Crippen molar-refractivity contribution in [3.05, 3.63) is 58.9 Å². The number of aromatic nitrogens is 1. The van der Waals surface area contributed by atoms with Crippen molar-refractivity contribution in [2.45, 2.75) is 13.5 Å². The van der Waals surface area contributed by atoms with Crippen LogP contribution in [0.25, 0.3) is 0 Å². The number of benzene rings is 1. The van der Waals surface area contributed by atoms with Gasteiger partial charge in [0.05, 0.1) is 6.61 Å². The predicted molar refractivity (Wildman–Crippen MR) is 82.7 cm³/mol. The number of ether oxygens (including phenoxy) is 1. The second kappa shape index (κ2) is 7.09. The smallest absolute Gasteiger partial charge is 0.254 e. The summed E-state index contributed by atoms with van der Waals surface area (Å²) in [6, 6.07) is 10.9. The Morgan fingerprint density at radius 3 is 2.81 bits per heavy atom. The largest absolute Gasteiger partial charge is 0.494 e. The van der Waals surface area contributed by atoms with Gasteiger partial charge in [-0.25, -0.2) is 4.98 Å². The lowest BCUT2D eigenvalue weighted by Crippen LogP contribution is -2.26. The molecule has 21 heavy (non-hydrogen) atoms. The van der Waals surface area contributed by atoms with Crippen LogP contribution >= 0.6 is 11.6 Å². The van der Waals surface area contributed by atoms with E-state index < -0.39 is 0 Å². The predicted octanol–water partition coefficient (Wildman–Crippen LogP) is 3.41. The topological polar surface area (TPSA) is 42.4 Å². The normalized spacial score (nSPS) is 10.2. The molecule has 1 amide bonds. The average Bonchev–Trinajstić information content (AvgIpc) is 2.48. The molecule has 4 nitrogen and oxygen atoms in total. The van der Waals surface area contributed by atoms with E-state index in [0.717, 1.165) is 11.3 Å². The molecule has 0 atom stereocenters. The molecule has 0 radical (unpaired) electrons. The van der Waals surface area contributed by atoms with Gasteiger partial charge in [0, 0.05) is 30.9 Å². The van der Waals surface area contributed by atoms with Crippen molar-refractivity contribution >= 4 is 17.5 Å². The number of rotatable bonds is 5. The highest BCUT2D eigenvalue weighted by molar-refractivity contribution is 6.29. The number of amides is 1. The number of pyridine rings is 1. The van der Waals surface area contributed by atoms with Crippen molar-refractivity contribution in [3.8, 4) is 5.75 Å². The van der Waals surface area contributed by atoms with E-state index in [0.29, 0.717) is 23.9 Å². The Kier molecular flexibility index (Phi) is 5.17. The maximum Gasteiger partial charge on any atom is 0.254 e. The number of nitrogens with zero attached hydrogens (tertiary/aromatic N) is 2. The van der Waals surface area contributed by atoms with Crippen molar-refractivity contribution < 1.29 is 9.53 Å². The second-order valence-corrected chi connectivity index (χ2v) is 4.96. The van der Waals surface area contributed by atoms with Crippen LogP contribution in [0.1, 0.15) is 22.8 Å². The van der Waals surface area contributed by atoms with E-state index in [9.17, 15) is 4.79 Å². The fourth-order valence-corrected chi connectivity index (χ4v) is 2.19. The van der Waals surface area contributed by atoms with Gasteiger partial charge in [0.2, 0.25) is 0 Å². The minimum Gasteiger partial charge on any atom is -0.494 e. The quantitative estimate of drug-likeness (QED) is 0.795. The molecule has 0 aliphatic rings. The van der Waals surface area contributed by atoms with Gasteiger partial charge in [-0.1, -0.05) is 29.8 Å². The number of hydrogen-bond acceptors (Lipinski definition) is 3. The van der Waals surface area contributed by atoms with Gasteiger partial charge in [-0.3, -0.25) is 4.79 Å². The minimum atomic E-state index is -0.106. The standard InChI is InChI=1S/C16H17ClN2O2/c1-3-21-14-7-5-4-6-13(14)11-19(2)16(20)12-8-9-18-15(17)10-12/h4-10H,3,11H2,1-2H3. The van der Waals surface area contributed by atoms with Crippen LogP contribution in [-0.4, -0.2) is 29.4 Å². The minimum absolute atomic E-state index is 0.106. The van der Waals surface area contributed by atoms with Crippen LogP contribution in [0.4, 0.5) is 0 Å². The zero-order valence-corrected chi connectivity index (χ0v) is 12.8. The van der Waals surface area contributed by atoms with E-state index >= 15 is 0 Å². The molecule has 5 heteroatoms. The zero-order chi connectivity index (χ0) is 15.2. The monoisotopic (exact) mass is 304 g/mol. The van der Waals surface area contributed by atoms with Crippen LogP contribution < -0.4 is 4.74 Å². The summed E-state index contributed by atoms with van der Waals surface area (Å²) in [4.78, 5) is 17.9. The summed E-state index contributed by atoms with van der Waals surface area (Å²) in [6.07, 6.45) is 1.53. The summed E-state index contributed by atoms with van der Waals surface area (Å²) in [6.45, 7) is 2.99. The van der Waals surface area contributed by atoms with Gasteiger partial charge in [0.25, 0.3) is 5.91 Å². The molecule has 0 spiro atoms. The highest BCUT2D eigenvalue weighted by Crippen LogP contribution is 2.20. The fraction of sp³-hybridized carbons (Fsp3) is 0.250. The van der Waals surface area contributed by atoms with Gasteiger partial charge in [0.15, 0.2) is 0 Å². The SMILES string of the molecule is CCOc1ccccc1CN(C)C(=O)c1ccnc(Cl)c1. The molecule has 0 N–H and O–H groups in total. The van der Waals surface area contributed by atoms with E-state index in [2.05, 4.69) is 4.98 Å². The number of halogens is 1. The lowest BCUT2D eigenvalue weighted by atomic mass is 10.1. The first-order valence-corrected chi connectivity index (χ1v) is 7.07. The second-order valence-electron chi connectivity index (χ2n) is 4.57. The molecule has 1 aromatic heterocycles. The molecule has 110 valence electrons. The highest BCUT2D eigenvalue weighted by atomic mass is 35.5. The molecule has 2 aromatic rings. The van der Waals surface area contributed by atoms with Crippen LogP contribution in [0.3, 0.4) is 0 Å². The zero-order valence-electron chi connectivity index (χ0n) is 12.0. The number of carbonyl (C=O) groups excluding carboxylic acids is 1. The molecule has 0 fully saturated rings. The average molecular weight is 305 g/mol. The Morgan fingerprint density at radius 2 is 2.10 bits per heavy atom. The lowest BCUT2D eigenvalue weighted by Gasteiger charge is -2.19. The van der Waals surface area contributed by atoms with E-state index in [-0.39, 0.29) is 5.91 Å². The summed E-state index contributed by atoms with van der Waals surface area (Å²) in [5.41, 5.74) is 1.49. The van der Waals surface area contributed by atoms with Gasteiger partial charge in [0.1, 0.15) is 10.9 Å². The molecule has 0 bridgehead atoms. The maximum absolute atomic E-state index is 12.4. The Balaban J connectivity index is 2.14. The molecule has 0 aliphatic heterocycles. The number of carbonyl (C=O) groups is 1. The van der Waals surface area contributed by atoms with Crippen molar-refractivity contribution in [1.82, 2.24) is 9.88 Å². The molecule has 1 heterocycles. The molecule has 2 rings (SSSR count). The summed E-state index contributed by atoms with van der Waals surface area (Å²) in [5, 5.41) is 0.309. The first-order chi connectivity index (χ1) is 10.1. The Labute approximate surface area is 129 Å². The van der Waals surface area contributed by atoms with Gasteiger partial charge in [-0.15, -0.1) is 0 Å². The number of hydrogen-bond donors (Lipinski definition) is 0. The molecular formula is C16H17ClN2O2. The van der Waals surface area contributed by atoms with Crippen molar-refractivity contribution in [2.24, 2.45) is 0 Å². The van der Waals surface area contributed by atoms with Crippen LogP contribution in [-0.2, 0) is 6.54 Å². The third-order valence-corrected chi connectivity index (χ3v) is 3.21. The van der Waals surface area contributed by atoms with Crippen molar-refractivity contribution in [3.63, 3.8) is 0 Å². The molecule has 1 aromatic carbocycles. The van der Waals surface area contributed by atoms with Crippen LogP contribution in [0.15, 0.2) is 42.6 Å². The third kappa shape index (κ3) is 3.95. The third-order valence-electron chi connectivity index (χ3n) is 3.00. The molecule has 0 saturated heterocycles. The molecule has 0 saturated carbocycles. The lowest BCUT2D eigenvalue weighted by molar-refractivity contribution is 0.0784.